The first-order valence-electron chi connectivity index (χ1n) is 7.71. The molecule has 0 spiro atoms. The van der Waals surface area contributed by atoms with Crippen LogP contribution in [0.2, 0.25) is 0 Å². The fourth-order valence-corrected chi connectivity index (χ4v) is 2.79. The molecule has 22 heavy (non-hydrogen) atoms. The van der Waals surface area contributed by atoms with Gasteiger partial charge in [0.2, 0.25) is 0 Å². The van der Waals surface area contributed by atoms with Crippen molar-refractivity contribution in [2.75, 3.05) is 18.4 Å². The lowest BCUT2D eigenvalue weighted by molar-refractivity contribution is 0.192. The van der Waals surface area contributed by atoms with Crippen molar-refractivity contribution < 1.29 is 4.79 Å². The van der Waals surface area contributed by atoms with Crippen molar-refractivity contribution in [2.45, 2.75) is 38.6 Å². The van der Waals surface area contributed by atoms with Crippen LogP contribution < -0.4 is 5.32 Å². The fraction of sp³-hybridized carbons (Fsp3) is 0.571. The van der Waals surface area contributed by atoms with Gasteiger partial charge in [-0.1, -0.05) is 12.1 Å². The summed E-state index contributed by atoms with van der Waals surface area (Å²) in [6.45, 7) is 4.33. The van der Waals surface area contributed by atoms with Crippen molar-refractivity contribution in [1.29, 1.82) is 0 Å². The van der Waals surface area contributed by atoms with Gasteiger partial charge in [-0.25, -0.2) is 4.79 Å². The van der Waals surface area contributed by atoms with E-state index in [1.54, 1.807) is 17.1 Å². The number of aromatic amines is 1. The summed E-state index contributed by atoms with van der Waals surface area (Å²) in [5.74, 6) is 0.819. The number of hydrogen-bond acceptors (Lipinski definition) is 4. The maximum absolute atomic E-state index is 12.4. The number of rotatable bonds is 4. The highest BCUT2D eigenvalue weighted by Gasteiger charge is 2.25. The first kappa shape index (κ1) is 14.6. The second-order valence-corrected chi connectivity index (χ2v) is 5.59. The van der Waals surface area contributed by atoms with E-state index in [0.717, 1.165) is 38.0 Å². The van der Waals surface area contributed by atoms with E-state index in [1.165, 1.54) is 0 Å². The van der Waals surface area contributed by atoms with Crippen LogP contribution in [-0.4, -0.2) is 49.2 Å². The molecule has 0 radical (unpaired) electrons. The molecule has 1 aliphatic rings. The first-order chi connectivity index (χ1) is 10.8. The van der Waals surface area contributed by atoms with Gasteiger partial charge in [0.05, 0.1) is 6.20 Å². The molecule has 1 fully saturated rings. The predicted molar refractivity (Wildman–Crippen MR) is 81.5 cm³/mol. The van der Waals surface area contributed by atoms with Crippen LogP contribution in [0.1, 0.15) is 37.8 Å². The molecule has 0 aliphatic carbocycles. The standard InChI is InChI=1S/C14H21N7O/c1-2-7-21-10-13(18-19-21)16-14(22)20-8-3-4-11(9-20)12-5-6-15-17-12/h5-6,10-11H,2-4,7-9H2,1H3,(H,15,17)(H,16,22)/t11-/m1/s1. The number of likely N-dealkylation sites (tertiary alicyclic amines) is 1. The van der Waals surface area contributed by atoms with Gasteiger partial charge < -0.3 is 4.90 Å². The summed E-state index contributed by atoms with van der Waals surface area (Å²) in [6, 6.07) is 1.86. The Morgan fingerprint density at radius 2 is 2.45 bits per heavy atom. The summed E-state index contributed by atoms with van der Waals surface area (Å²) in [5, 5.41) is 17.8. The summed E-state index contributed by atoms with van der Waals surface area (Å²) in [7, 11) is 0. The first-order valence-corrected chi connectivity index (χ1v) is 7.71. The zero-order chi connectivity index (χ0) is 15.4. The van der Waals surface area contributed by atoms with Gasteiger partial charge in [-0.05, 0) is 25.3 Å². The van der Waals surface area contributed by atoms with Gasteiger partial charge in [-0.3, -0.25) is 15.1 Å². The van der Waals surface area contributed by atoms with Crippen LogP contribution >= 0.6 is 0 Å². The molecule has 0 unspecified atom stereocenters. The highest BCUT2D eigenvalue weighted by Crippen LogP contribution is 2.25. The number of nitrogens with zero attached hydrogens (tertiary/aromatic N) is 5. The van der Waals surface area contributed by atoms with Crippen LogP contribution in [-0.2, 0) is 6.54 Å². The number of aromatic nitrogens is 5. The van der Waals surface area contributed by atoms with E-state index in [1.807, 2.05) is 11.0 Å². The highest BCUT2D eigenvalue weighted by molar-refractivity contribution is 5.88. The van der Waals surface area contributed by atoms with Crippen molar-refractivity contribution in [3.63, 3.8) is 0 Å². The molecular weight excluding hydrogens is 282 g/mol. The van der Waals surface area contributed by atoms with Gasteiger partial charge in [0.1, 0.15) is 0 Å². The topological polar surface area (TPSA) is 91.7 Å². The van der Waals surface area contributed by atoms with Crippen LogP contribution in [0.15, 0.2) is 18.5 Å². The van der Waals surface area contributed by atoms with E-state index < -0.39 is 0 Å². The Hall–Kier alpha value is -2.38. The molecule has 1 atom stereocenters. The molecule has 2 aromatic heterocycles. The summed E-state index contributed by atoms with van der Waals surface area (Å²) < 4.78 is 1.74. The average Bonchev–Trinajstić information content (AvgIpc) is 3.20. The Labute approximate surface area is 128 Å². The van der Waals surface area contributed by atoms with Gasteiger partial charge in [-0.15, -0.1) is 5.10 Å². The maximum atomic E-state index is 12.4. The van der Waals surface area contributed by atoms with Gasteiger partial charge >= 0.3 is 6.03 Å². The van der Waals surface area contributed by atoms with E-state index in [9.17, 15) is 4.79 Å². The number of carbonyl (C=O) groups excluding carboxylic acids is 1. The Kier molecular flexibility index (Phi) is 4.36. The Morgan fingerprint density at radius 1 is 1.55 bits per heavy atom. The largest absolute Gasteiger partial charge is 0.324 e. The van der Waals surface area contributed by atoms with Crippen molar-refractivity contribution in [3.8, 4) is 0 Å². The van der Waals surface area contributed by atoms with E-state index in [0.29, 0.717) is 18.3 Å². The van der Waals surface area contributed by atoms with Crippen LogP contribution in [0.5, 0.6) is 0 Å². The van der Waals surface area contributed by atoms with Crippen LogP contribution in [0, 0.1) is 0 Å². The average molecular weight is 303 g/mol. The minimum atomic E-state index is -0.118. The number of amides is 2. The highest BCUT2D eigenvalue weighted by atomic mass is 16.2. The number of nitrogens with one attached hydrogen (secondary N) is 2. The molecular formula is C14H21N7O. The molecule has 118 valence electrons. The molecule has 0 saturated carbocycles. The van der Waals surface area contributed by atoms with E-state index >= 15 is 0 Å². The number of urea groups is 1. The molecule has 0 aromatic carbocycles. The van der Waals surface area contributed by atoms with Crippen LogP contribution in [0.25, 0.3) is 0 Å². The van der Waals surface area contributed by atoms with E-state index in [2.05, 4.69) is 32.7 Å². The third kappa shape index (κ3) is 3.26. The third-order valence-electron chi connectivity index (χ3n) is 3.90. The minimum absolute atomic E-state index is 0.118. The van der Waals surface area contributed by atoms with Crippen LogP contribution in [0.3, 0.4) is 0 Å². The van der Waals surface area contributed by atoms with Gasteiger partial charge in [0, 0.05) is 37.4 Å². The SMILES string of the molecule is CCCn1cc(NC(=O)N2CCC[C@@H](c3ccn[nH]3)C2)nn1. The van der Waals surface area contributed by atoms with Gasteiger partial charge in [-0.2, -0.15) is 5.10 Å². The van der Waals surface area contributed by atoms with E-state index in [-0.39, 0.29) is 6.03 Å². The Balaban J connectivity index is 1.59. The number of piperidine rings is 1. The smallest absolute Gasteiger partial charge is 0.323 e. The number of anilines is 1. The number of aryl methyl sites for hydroxylation is 1. The minimum Gasteiger partial charge on any atom is -0.324 e. The second-order valence-electron chi connectivity index (χ2n) is 5.59. The lowest BCUT2D eigenvalue weighted by atomic mass is 9.95. The molecule has 1 aliphatic heterocycles. The maximum Gasteiger partial charge on any atom is 0.323 e. The van der Waals surface area contributed by atoms with Crippen molar-refractivity contribution in [2.24, 2.45) is 0 Å². The molecule has 2 amide bonds. The van der Waals surface area contributed by atoms with E-state index in [4.69, 9.17) is 0 Å². The van der Waals surface area contributed by atoms with Crippen LogP contribution in [0.4, 0.5) is 10.6 Å². The molecule has 2 N–H and O–H groups in total. The third-order valence-corrected chi connectivity index (χ3v) is 3.90. The molecule has 3 rings (SSSR count). The predicted octanol–water partition coefficient (Wildman–Crippen LogP) is 1.82. The molecule has 2 aromatic rings. The number of carbonyl (C=O) groups is 1. The summed E-state index contributed by atoms with van der Waals surface area (Å²) >= 11 is 0. The normalized spacial score (nSPS) is 18.4. The van der Waals surface area contributed by atoms with Gasteiger partial charge in [0.15, 0.2) is 5.82 Å². The Morgan fingerprint density at radius 3 is 3.23 bits per heavy atom. The Bertz CT molecular complexity index is 606. The molecule has 8 nitrogen and oxygen atoms in total. The monoisotopic (exact) mass is 303 g/mol. The lowest BCUT2D eigenvalue weighted by Gasteiger charge is -2.31. The van der Waals surface area contributed by atoms with Gasteiger partial charge in [0.25, 0.3) is 0 Å². The van der Waals surface area contributed by atoms with Crippen molar-refractivity contribution in [1.82, 2.24) is 30.1 Å². The second kappa shape index (κ2) is 6.59. The number of hydrogen-bond donors (Lipinski definition) is 2. The molecule has 0 bridgehead atoms. The van der Waals surface area contributed by atoms with Crippen molar-refractivity contribution >= 4 is 11.8 Å². The lowest BCUT2D eigenvalue weighted by Crippen LogP contribution is -2.41. The zero-order valence-electron chi connectivity index (χ0n) is 12.7. The molecule has 1 saturated heterocycles. The van der Waals surface area contributed by atoms with Crippen molar-refractivity contribution in [3.05, 3.63) is 24.2 Å². The fourth-order valence-electron chi connectivity index (χ4n) is 2.79. The summed E-state index contributed by atoms with van der Waals surface area (Å²) in [5.41, 5.74) is 1.09. The quantitative estimate of drug-likeness (QED) is 0.901. The summed E-state index contributed by atoms with van der Waals surface area (Å²) in [4.78, 5) is 14.2. The molecule has 8 heteroatoms. The number of H-pyrrole nitrogens is 1. The summed E-state index contributed by atoms with van der Waals surface area (Å²) in [6.07, 6.45) is 6.55. The molecule has 3 heterocycles. The zero-order valence-corrected chi connectivity index (χ0v) is 12.7.